The summed E-state index contributed by atoms with van der Waals surface area (Å²) < 4.78 is 16.6. The number of rotatable bonds is 42. The lowest BCUT2D eigenvalue weighted by Gasteiger charge is -2.40. The van der Waals surface area contributed by atoms with Crippen molar-refractivity contribution < 1.29 is 49.3 Å². The predicted molar refractivity (Wildman–Crippen MR) is 260 cm³/mol. The highest BCUT2D eigenvalue weighted by atomic mass is 16.7. The van der Waals surface area contributed by atoms with Crippen LogP contribution < -0.4 is 5.32 Å². The minimum atomic E-state index is -1.58. The maximum absolute atomic E-state index is 12.9. The Morgan fingerprint density at radius 2 is 1.06 bits per heavy atom. The summed E-state index contributed by atoms with van der Waals surface area (Å²) >= 11 is 0. The van der Waals surface area contributed by atoms with Crippen LogP contribution in [0.2, 0.25) is 0 Å². The van der Waals surface area contributed by atoms with Gasteiger partial charge in [-0.05, 0) is 103 Å². The molecular weight excluding hydrogens is 811 g/mol. The number of hydrogen-bond acceptors (Lipinski definition) is 10. The third-order valence-electron chi connectivity index (χ3n) is 11.6. The molecule has 1 saturated heterocycles. The van der Waals surface area contributed by atoms with Crippen molar-refractivity contribution in [3.05, 3.63) is 60.8 Å². The van der Waals surface area contributed by atoms with Crippen LogP contribution in [-0.2, 0) is 23.8 Å². The third-order valence-corrected chi connectivity index (χ3v) is 11.6. The topological polar surface area (TPSA) is 175 Å². The molecule has 7 unspecified atom stereocenters. The van der Waals surface area contributed by atoms with Gasteiger partial charge in [0, 0.05) is 12.8 Å². The fourth-order valence-electron chi connectivity index (χ4n) is 7.43. The Balaban J connectivity index is 2.17. The van der Waals surface area contributed by atoms with Gasteiger partial charge in [0.1, 0.15) is 24.4 Å². The maximum Gasteiger partial charge on any atom is 0.305 e. The number of esters is 1. The van der Waals surface area contributed by atoms with Crippen molar-refractivity contribution in [2.75, 3.05) is 19.8 Å². The van der Waals surface area contributed by atoms with Gasteiger partial charge in [-0.2, -0.15) is 0 Å². The van der Waals surface area contributed by atoms with E-state index in [0.717, 1.165) is 103 Å². The van der Waals surface area contributed by atoms with E-state index in [2.05, 4.69) is 67.8 Å². The first-order valence-corrected chi connectivity index (χ1v) is 25.6. The van der Waals surface area contributed by atoms with Gasteiger partial charge in [0.25, 0.3) is 0 Å². The molecular formula is C53H93NO10. The SMILES string of the molecule is CCCCC/C=C\CCCCCCCC(=O)OCCCCC/C=C\C=C/CCCCCCCCC(=O)NC(COC1OC(CO)C(O)C(O)C1O)C(O)/C=C/CC/C=C/CCCCC. The standard InChI is InChI=1S/C53H93NO10/c1-3-5-7-9-11-13-14-21-25-29-33-37-41-49(58)62-42-38-34-30-26-22-19-17-15-16-18-20-24-28-32-36-40-48(57)54-45(46(56)39-35-31-27-23-12-10-8-6-4-2)44-63-53-52(61)51(60)50(59)47(43-55)64-53/h11-13,15,17,19,22-23,35,39,45-47,50-53,55-56,59-61H,3-10,14,16,18,20-21,24-34,36-38,40-44H2,1-2H3,(H,54,57)/b13-11-,17-15-,22-19-,23-12+,39-35+. The zero-order chi connectivity index (χ0) is 46.7. The first-order chi connectivity index (χ1) is 31.2. The molecule has 1 rings (SSSR count). The summed E-state index contributed by atoms with van der Waals surface area (Å²) in [7, 11) is 0. The number of allylic oxidation sites excluding steroid dienone is 9. The van der Waals surface area contributed by atoms with E-state index in [4.69, 9.17) is 14.2 Å². The summed E-state index contributed by atoms with van der Waals surface area (Å²) in [6.45, 7) is 4.14. The number of carbonyl (C=O) groups is 2. The van der Waals surface area contributed by atoms with E-state index in [1.807, 2.05) is 6.08 Å². The molecule has 64 heavy (non-hydrogen) atoms. The lowest BCUT2D eigenvalue weighted by molar-refractivity contribution is -0.302. The van der Waals surface area contributed by atoms with Gasteiger partial charge in [-0.1, -0.05) is 145 Å². The van der Waals surface area contributed by atoms with Crippen molar-refractivity contribution in [1.82, 2.24) is 5.32 Å². The molecule has 11 nitrogen and oxygen atoms in total. The molecule has 6 N–H and O–H groups in total. The van der Waals surface area contributed by atoms with Crippen LogP contribution in [-0.4, -0.2) is 100 Å². The second-order valence-corrected chi connectivity index (χ2v) is 17.5. The van der Waals surface area contributed by atoms with Crippen molar-refractivity contribution in [3.8, 4) is 0 Å². The van der Waals surface area contributed by atoms with Crippen LogP contribution in [0.3, 0.4) is 0 Å². The smallest absolute Gasteiger partial charge is 0.305 e. The van der Waals surface area contributed by atoms with E-state index in [1.165, 1.54) is 70.6 Å². The molecule has 370 valence electrons. The Hall–Kier alpha value is -2.64. The van der Waals surface area contributed by atoms with E-state index in [9.17, 15) is 35.1 Å². The van der Waals surface area contributed by atoms with Gasteiger partial charge in [0.05, 0.1) is 32.0 Å². The molecule has 1 aliphatic rings. The van der Waals surface area contributed by atoms with E-state index < -0.39 is 49.5 Å². The maximum atomic E-state index is 12.9. The number of aliphatic hydroxyl groups excluding tert-OH is 5. The predicted octanol–water partition coefficient (Wildman–Crippen LogP) is 10.3. The summed E-state index contributed by atoms with van der Waals surface area (Å²) in [6.07, 6.45) is 43.1. The van der Waals surface area contributed by atoms with E-state index >= 15 is 0 Å². The van der Waals surface area contributed by atoms with E-state index in [0.29, 0.717) is 19.4 Å². The number of unbranched alkanes of at least 4 members (excludes halogenated alkanes) is 21. The van der Waals surface area contributed by atoms with Crippen molar-refractivity contribution in [2.45, 2.75) is 243 Å². The Labute approximate surface area is 388 Å². The molecule has 0 bridgehead atoms. The van der Waals surface area contributed by atoms with Crippen LogP contribution in [0.5, 0.6) is 0 Å². The Kier molecular flexibility index (Phi) is 39.9. The molecule has 0 aromatic carbocycles. The number of hydrogen-bond donors (Lipinski definition) is 6. The molecule has 0 aliphatic carbocycles. The van der Waals surface area contributed by atoms with E-state index in [1.54, 1.807) is 6.08 Å². The van der Waals surface area contributed by atoms with Crippen molar-refractivity contribution in [2.24, 2.45) is 0 Å². The average molecular weight is 904 g/mol. The largest absolute Gasteiger partial charge is 0.466 e. The quantitative estimate of drug-likeness (QED) is 0.0150. The van der Waals surface area contributed by atoms with Crippen LogP contribution in [0.1, 0.15) is 200 Å². The van der Waals surface area contributed by atoms with Crippen LogP contribution >= 0.6 is 0 Å². The van der Waals surface area contributed by atoms with Crippen LogP contribution in [0.15, 0.2) is 60.8 Å². The van der Waals surface area contributed by atoms with Crippen molar-refractivity contribution in [1.29, 1.82) is 0 Å². The minimum absolute atomic E-state index is 0.0535. The molecule has 0 saturated carbocycles. The van der Waals surface area contributed by atoms with Gasteiger partial charge in [-0.3, -0.25) is 9.59 Å². The molecule has 0 aromatic heterocycles. The summed E-state index contributed by atoms with van der Waals surface area (Å²) in [5.41, 5.74) is 0. The molecule has 7 atom stereocenters. The first-order valence-electron chi connectivity index (χ1n) is 25.6. The number of ether oxygens (including phenoxy) is 3. The van der Waals surface area contributed by atoms with Crippen LogP contribution in [0.4, 0.5) is 0 Å². The lowest BCUT2D eigenvalue weighted by atomic mass is 9.99. The molecule has 0 spiro atoms. The Morgan fingerprint density at radius 3 is 1.64 bits per heavy atom. The number of aliphatic hydroxyl groups is 5. The Morgan fingerprint density at radius 1 is 0.578 bits per heavy atom. The molecule has 11 heteroatoms. The fourth-order valence-corrected chi connectivity index (χ4v) is 7.43. The zero-order valence-corrected chi connectivity index (χ0v) is 40.2. The van der Waals surface area contributed by atoms with Crippen molar-refractivity contribution >= 4 is 11.9 Å². The number of carbonyl (C=O) groups excluding carboxylic acids is 2. The highest BCUT2D eigenvalue weighted by molar-refractivity contribution is 5.76. The van der Waals surface area contributed by atoms with Gasteiger partial charge in [-0.15, -0.1) is 0 Å². The number of nitrogens with one attached hydrogen (secondary N) is 1. The monoisotopic (exact) mass is 904 g/mol. The summed E-state index contributed by atoms with van der Waals surface area (Å²) in [4.78, 5) is 24.9. The van der Waals surface area contributed by atoms with Gasteiger partial charge < -0.3 is 45.1 Å². The van der Waals surface area contributed by atoms with E-state index in [-0.39, 0.29) is 18.5 Å². The van der Waals surface area contributed by atoms with Crippen LogP contribution in [0, 0.1) is 0 Å². The average Bonchev–Trinajstić information content (AvgIpc) is 3.29. The fraction of sp³-hybridized carbons (Fsp3) is 0.774. The molecule has 1 amide bonds. The Bertz CT molecular complexity index is 1250. The molecule has 0 aromatic rings. The molecule has 0 radical (unpaired) electrons. The molecule has 1 fully saturated rings. The zero-order valence-electron chi connectivity index (χ0n) is 40.2. The second kappa shape index (κ2) is 43.0. The van der Waals surface area contributed by atoms with Gasteiger partial charge in [-0.25, -0.2) is 0 Å². The molecule has 1 aliphatic heterocycles. The summed E-state index contributed by atoms with van der Waals surface area (Å²) in [5.74, 6) is -0.273. The summed E-state index contributed by atoms with van der Waals surface area (Å²) in [5, 5.41) is 54.0. The van der Waals surface area contributed by atoms with Crippen molar-refractivity contribution in [3.63, 3.8) is 0 Å². The third kappa shape index (κ3) is 32.9. The summed E-state index contributed by atoms with van der Waals surface area (Å²) in [6, 6.07) is -0.843. The van der Waals surface area contributed by atoms with Gasteiger partial charge in [0.2, 0.25) is 5.91 Å². The molecule has 1 heterocycles. The lowest BCUT2D eigenvalue weighted by Crippen LogP contribution is -2.60. The van der Waals surface area contributed by atoms with Gasteiger partial charge >= 0.3 is 5.97 Å². The normalized spacial score (nSPS) is 20.4. The van der Waals surface area contributed by atoms with Gasteiger partial charge in [0.15, 0.2) is 6.29 Å². The number of amides is 1. The highest BCUT2D eigenvalue weighted by Gasteiger charge is 2.44. The minimum Gasteiger partial charge on any atom is -0.466 e. The van der Waals surface area contributed by atoms with Crippen LogP contribution in [0.25, 0.3) is 0 Å². The second-order valence-electron chi connectivity index (χ2n) is 17.5. The highest BCUT2D eigenvalue weighted by Crippen LogP contribution is 2.22. The first kappa shape index (κ1) is 59.4.